The SMILES string of the molecule is CNC(=O)c1cnc(/C=C/c2cc3cc(F)ccc3o2)[nH]c1=O. The van der Waals surface area contributed by atoms with E-state index >= 15 is 0 Å². The summed E-state index contributed by atoms with van der Waals surface area (Å²) in [5.74, 6) is -0.0869. The second-order valence-electron chi connectivity index (χ2n) is 4.75. The number of amides is 1. The summed E-state index contributed by atoms with van der Waals surface area (Å²) < 4.78 is 18.6. The molecule has 116 valence electrons. The van der Waals surface area contributed by atoms with Gasteiger partial charge in [0, 0.05) is 18.6 Å². The van der Waals surface area contributed by atoms with Gasteiger partial charge in [-0.15, -0.1) is 0 Å². The summed E-state index contributed by atoms with van der Waals surface area (Å²) in [5.41, 5.74) is -0.0444. The summed E-state index contributed by atoms with van der Waals surface area (Å²) in [7, 11) is 1.43. The van der Waals surface area contributed by atoms with Gasteiger partial charge in [-0.2, -0.15) is 0 Å². The van der Waals surface area contributed by atoms with Crippen LogP contribution in [0.1, 0.15) is 21.9 Å². The molecule has 0 spiro atoms. The fourth-order valence-electron chi connectivity index (χ4n) is 2.07. The van der Waals surface area contributed by atoms with Crippen molar-refractivity contribution in [2.45, 2.75) is 0 Å². The molecule has 0 atom stereocenters. The minimum Gasteiger partial charge on any atom is -0.457 e. The Kier molecular flexibility index (Phi) is 3.76. The van der Waals surface area contributed by atoms with Gasteiger partial charge in [0.05, 0.1) is 0 Å². The van der Waals surface area contributed by atoms with E-state index in [4.69, 9.17) is 4.42 Å². The lowest BCUT2D eigenvalue weighted by Crippen LogP contribution is -2.27. The van der Waals surface area contributed by atoms with Gasteiger partial charge in [0.2, 0.25) is 0 Å². The predicted molar refractivity (Wildman–Crippen MR) is 83.3 cm³/mol. The molecule has 0 aliphatic heterocycles. The van der Waals surface area contributed by atoms with Gasteiger partial charge < -0.3 is 14.7 Å². The number of aromatic nitrogens is 2. The number of nitrogens with zero attached hydrogens (tertiary/aromatic N) is 1. The molecule has 2 aromatic heterocycles. The normalized spacial score (nSPS) is 11.2. The molecule has 2 heterocycles. The Bertz CT molecular complexity index is 972. The first-order valence-corrected chi connectivity index (χ1v) is 6.75. The minimum absolute atomic E-state index is 0.0659. The van der Waals surface area contributed by atoms with Gasteiger partial charge >= 0.3 is 0 Å². The van der Waals surface area contributed by atoms with Crippen molar-refractivity contribution in [3.8, 4) is 0 Å². The molecule has 0 saturated carbocycles. The van der Waals surface area contributed by atoms with Crippen molar-refractivity contribution in [1.82, 2.24) is 15.3 Å². The van der Waals surface area contributed by atoms with Crippen molar-refractivity contribution < 1.29 is 13.6 Å². The van der Waals surface area contributed by atoms with Crippen molar-refractivity contribution >= 4 is 29.0 Å². The van der Waals surface area contributed by atoms with Crippen LogP contribution in [0.15, 0.2) is 39.7 Å². The van der Waals surface area contributed by atoms with E-state index in [1.54, 1.807) is 18.2 Å². The molecule has 1 aromatic carbocycles. The van der Waals surface area contributed by atoms with Crippen molar-refractivity contribution in [3.05, 3.63) is 63.8 Å². The fraction of sp³-hybridized carbons (Fsp3) is 0.0625. The first kappa shape index (κ1) is 14.7. The maximum atomic E-state index is 13.1. The van der Waals surface area contributed by atoms with Gasteiger partial charge in [-0.25, -0.2) is 9.37 Å². The predicted octanol–water partition coefficient (Wildman–Crippen LogP) is 2.19. The minimum atomic E-state index is -0.536. The molecule has 0 bridgehead atoms. The lowest BCUT2D eigenvalue weighted by Gasteiger charge is -1.98. The third kappa shape index (κ3) is 3.03. The number of furan rings is 1. The number of hydrogen-bond acceptors (Lipinski definition) is 4. The van der Waals surface area contributed by atoms with Crippen molar-refractivity contribution in [3.63, 3.8) is 0 Å². The second-order valence-corrected chi connectivity index (χ2v) is 4.75. The highest BCUT2D eigenvalue weighted by Gasteiger charge is 2.09. The molecule has 0 saturated heterocycles. The number of benzene rings is 1. The zero-order valence-electron chi connectivity index (χ0n) is 12.1. The number of carbonyl (C=O) groups is 1. The second kappa shape index (κ2) is 5.88. The molecular weight excluding hydrogens is 301 g/mol. The highest BCUT2D eigenvalue weighted by atomic mass is 19.1. The van der Waals surface area contributed by atoms with E-state index in [1.165, 1.54) is 31.5 Å². The number of aromatic amines is 1. The number of fused-ring (bicyclic) bond motifs is 1. The number of hydrogen-bond donors (Lipinski definition) is 2. The first-order chi connectivity index (χ1) is 11.1. The van der Waals surface area contributed by atoms with Crippen molar-refractivity contribution in [1.29, 1.82) is 0 Å². The van der Waals surface area contributed by atoms with E-state index in [1.807, 2.05) is 0 Å². The van der Waals surface area contributed by atoms with E-state index in [0.717, 1.165) is 0 Å². The Hall–Kier alpha value is -3.22. The monoisotopic (exact) mass is 313 g/mol. The third-order valence-electron chi connectivity index (χ3n) is 3.19. The third-order valence-corrected chi connectivity index (χ3v) is 3.19. The van der Waals surface area contributed by atoms with Crippen LogP contribution in [0.25, 0.3) is 23.1 Å². The van der Waals surface area contributed by atoms with Gasteiger partial charge in [0.15, 0.2) is 0 Å². The molecule has 1 amide bonds. The summed E-state index contributed by atoms with van der Waals surface area (Å²) in [6.45, 7) is 0. The topological polar surface area (TPSA) is 88.0 Å². The van der Waals surface area contributed by atoms with Gasteiger partial charge in [-0.1, -0.05) is 0 Å². The maximum absolute atomic E-state index is 13.1. The lowest BCUT2D eigenvalue weighted by molar-refractivity contribution is 0.0961. The zero-order valence-corrected chi connectivity index (χ0v) is 12.1. The molecule has 3 aromatic rings. The quantitative estimate of drug-likeness (QED) is 0.776. The van der Waals surface area contributed by atoms with Crippen molar-refractivity contribution in [2.75, 3.05) is 7.05 Å². The Morgan fingerprint density at radius 1 is 1.35 bits per heavy atom. The number of halogens is 1. The number of H-pyrrole nitrogens is 1. The van der Waals surface area contributed by atoms with Gasteiger partial charge in [0.1, 0.15) is 28.5 Å². The number of nitrogens with one attached hydrogen (secondary N) is 2. The first-order valence-electron chi connectivity index (χ1n) is 6.75. The van der Waals surface area contributed by atoms with Gasteiger partial charge in [-0.3, -0.25) is 9.59 Å². The van der Waals surface area contributed by atoms with Crippen LogP contribution in [0, 0.1) is 5.82 Å². The van der Waals surface area contributed by atoms with Gasteiger partial charge in [-0.05, 0) is 36.4 Å². The maximum Gasteiger partial charge on any atom is 0.263 e. The Balaban J connectivity index is 1.88. The number of carbonyl (C=O) groups excluding carboxylic acids is 1. The van der Waals surface area contributed by atoms with Crippen LogP contribution < -0.4 is 10.9 Å². The molecule has 0 radical (unpaired) electrons. The zero-order chi connectivity index (χ0) is 16.4. The van der Waals surface area contributed by atoms with E-state index < -0.39 is 11.5 Å². The summed E-state index contributed by atoms with van der Waals surface area (Å²) >= 11 is 0. The molecule has 0 aliphatic rings. The summed E-state index contributed by atoms with van der Waals surface area (Å²) in [6.07, 6.45) is 4.32. The van der Waals surface area contributed by atoms with Gasteiger partial charge in [0.25, 0.3) is 11.5 Å². The molecule has 0 fully saturated rings. The average molecular weight is 313 g/mol. The summed E-state index contributed by atoms with van der Waals surface area (Å²) in [4.78, 5) is 29.7. The van der Waals surface area contributed by atoms with E-state index in [2.05, 4.69) is 15.3 Å². The lowest BCUT2D eigenvalue weighted by atomic mass is 10.2. The Labute approximate surface area is 129 Å². The fourth-order valence-corrected chi connectivity index (χ4v) is 2.07. The molecule has 2 N–H and O–H groups in total. The molecule has 7 heteroatoms. The molecular formula is C16H12FN3O3. The standard InChI is InChI=1S/C16H12FN3O3/c1-18-15(21)12-8-19-14(20-16(12)22)5-3-11-7-9-6-10(17)2-4-13(9)23-11/h2-8H,1H3,(H,18,21)(H,19,20,22)/b5-3+. The number of rotatable bonds is 3. The Morgan fingerprint density at radius 2 is 2.17 bits per heavy atom. The van der Waals surface area contributed by atoms with Crippen LogP contribution in [0.4, 0.5) is 4.39 Å². The van der Waals surface area contributed by atoms with E-state index in [9.17, 15) is 14.0 Å². The smallest absolute Gasteiger partial charge is 0.263 e. The average Bonchev–Trinajstić information content (AvgIpc) is 2.94. The highest BCUT2D eigenvalue weighted by molar-refractivity contribution is 5.93. The highest BCUT2D eigenvalue weighted by Crippen LogP contribution is 2.21. The molecule has 0 unspecified atom stereocenters. The van der Waals surface area contributed by atoms with Crippen molar-refractivity contribution in [2.24, 2.45) is 0 Å². The van der Waals surface area contributed by atoms with Crippen LogP contribution in [0.5, 0.6) is 0 Å². The summed E-state index contributed by atoms with van der Waals surface area (Å²) in [5, 5.41) is 3.00. The van der Waals surface area contributed by atoms with Crippen LogP contribution in [-0.2, 0) is 0 Å². The summed E-state index contributed by atoms with van der Waals surface area (Å²) in [6, 6.07) is 5.90. The molecule has 0 aliphatic carbocycles. The van der Waals surface area contributed by atoms with Crippen LogP contribution in [-0.4, -0.2) is 22.9 Å². The molecule has 6 nitrogen and oxygen atoms in total. The molecule has 23 heavy (non-hydrogen) atoms. The van der Waals surface area contributed by atoms with E-state index in [-0.39, 0.29) is 17.2 Å². The van der Waals surface area contributed by atoms with Crippen LogP contribution >= 0.6 is 0 Å². The van der Waals surface area contributed by atoms with Crippen LogP contribution in [0.2, 0.25) is 0 Å². The molecule has 3 rings (SSSR count). The van der Waals surface area contributed by atoms with E-state index in [0.29, 0.717) is 16.7 Å². The Morgan fingerprint density at radius 3 is 2.91 bits per heavy atom. The van der Waals surface area contributed by atoms with Crippen LogP contribution in [0.3, 0.4) is 0 Å². The largest absolute Gasteiger partial charge is 0.457 e.